The molecule has 1 fully saturated rings. The van der Waals surface area contributed by atoms with Crippen molar-refractivity contribution in [1.29, 1.82) is 0 Å². The monoisotopic (exact) mass is 420 g/mol. The highest BCUT2D eigenvalue weighted by Crippen LogP contribution is 2.52. The maximum atomic E-state index is 13.0. The second kappa shape index (κ2) is 7.78. The third-order valence-electron chi connectivity index (χ3n) is 5.96. The molecule has 0 aromatic heterocycles. The van der Waals surface area contributed by atoms with Crippen LogP contribution in [0.1, 0.15) is 77.1 Å². The number of nitrogens with zero attached hydrogens (tertiary/aromatic N) is 1. The summed E-state index contributed by atoms with van der Waals surface area (Å²) in [6.07, 6.45) is 2.48. The Labute approximate surface area is 178 Å². The first-order valence-corrected chi connectivity index (χ1v) is 11.7. The van der Waals surface area contributed by atoms with Crippen molar-refractivity contribution in [3.8, 4) is 0 Å². The Morgan fingerprint density at radius 2 is 1.83 bits per heavy atom. The van der Waals surface area contributed by atoms with Crippen molar-refractivity contribution < 1.29 is 14.1 Å². The van der Waals surface area contributed by atoms with Gasteiger partial charge in [-0.2, -0.15) is 0 Å². The molecule has 1 aliphatic heterocycles. The molecular formula is C23H36N2O3S. The number of benzene rings is 1. The molecule has 0 radical (unpaired) electrons. The molecular weight excluding hydrogens is 384 g/mol. The Hall–Kier alpha value is -1.24. The van der Waals surface area contributed by atoms with Gasteiger partial charge in [0.2, 0.25) is 0 Å². The number of fused-ring (bicyclic) bond motifs is 1. The molecule has 5 nitrogen and oxygen atoms in total. The normalized spacial score (nSPS) is 22.5. The van der Waals surface area contributed by atoms with Gasteiger partial charge in [-0.1, -0.05) is 23.8 Å². The van der Waals surface area contributed by atoms with E-state index in [1.54, 1.807) is 0 Å². The van der Waals surface area contributed by atoms with Gasteiger partial charge in [-0.25, -0.2) is 4.79 Å². The van der Waals surface area contributed by atoms with Gasteiger partial charge >= 0.3 is 6.09 Å². The first kappa shape index (κ1) is 22.4. The fourth-order valence-electron chi connectivity index (χ4n) is 4.38. The van der Waals surface area contributed by atoms with Gasteiger partial charge in [-0.15, -0.1) is 4.72 Å². The van der Waals surface area contributed by atoms with Gasteiger partial charge in [0.1, 0.15) is 10.3 Å². The summed E-state index contributed by atoms with van der Waals surface area (Å²) in [5.41, 5.74) is 3.36. The highest BCUT2D eigenvalue weighted by Gasteiger charge is 2.51. The van der Waals surface area contributed by atoms with Gasteiger partial charge in [0.25, 0.3) is 0 Å². The van der Waals surface area contributed by atoms with Crippen molar-refractivity contribution in [1.82, 2.24) is 9.62 Å². The number of hydrogen-bond acceptors (Lipinski definition) is 4. The number of amides is 1. The van der Waals surface area contributed by atoms with Crippen LogP contribution in [0.15, 0.2) is 18.2 Å². The zero-order valence-electron chi connectivity index (χ0n) is 18.9. The fourth-order valence-corrected chi connectivity index (χ4v) is 5.32. The van der Waals surface area contributed by atoms with E-state index in [2.05, 4.69) is 29.8 Å². The molecule has 3 rings (SSSR count). The van der Waals surface area contributed by atoms with Crippen LogP contribution in [0.5, 0.6) is 0 Å². The SMILES string of the molecule is Cc1ccc2c(c1)CC1(CCN(C(=O)OC(C)(C)C)CC1)[C@@H]2N[S@+]([O-])C(C)(C)C. The van der Waals surface area contributed by atoms with Crippen molar-refractivity contribution in [2.75, 3.05) is 13.1 Å². The molecule has 1 N–H and O–H groups in total. The van der Waals surface area contributed by atoms with Gasteiger partial charge in [-0.3, -0.25) is 0 Å². The van der Waals surface area contributed by atoms with Crippen molar-refractivity contribution in [2.24, 2.45) is 5.41 Å². The lowest BCUT2D eigenvalue weighted by atomic mass is 9.73. The summed E-state index contributed by atoms with van der Waals surface area (Å²) in [4.78, 5) is 14.3. The molecule has 2 aliphatic rings. The molecule has 0 unspecified atom stereocenters. The number of rotatable bonds is 2. The number of piperidine rings is 1. The predicted octanol–water partition coefficient (Wildman–Crippen LogP) is 4.66. The number of nitrogens with one attached hydrogen (secondary N) is 1. The van der Waals surface area contributed by atoms with Crippen LogP contribution in [0.25, 0.3) is 0 Å². The van der Waals surface area contributed by atoms with E-state index < -0.39 is 17.0 Å². The van der Waals surface area contributed by atoms with Crippen LogP contribution < -0.4 is 4.72 Å². The lowest BCUT2D eigenvalue weighted by Gasteiger charge is -2.43. The predicted molar refractivity (Wildman–Crippen MR) is 118 cm³/mol. The van der Waals surface area contributed by atoms with E-state index in [9.17, 15) is 9.35 Å². The van der Waals surface area contributed by atoms with Gasteiger partial charge in [-0.05, 0) is 78.9 Å². The van der Waals surface area contributed by atoms with Crippen LogP contribution in [0.3, 0.4) is 0 Å². The first-order chi connectivity index (χ1) is 13.3. The summed E-state index contributed by atoms with van der Waals surface area (Å²) in [7, 11) is 0. The van der Waals surface area contributed by atoms with Gasteiger partial charge in [0.15, 0.2) is 0 Å². The zero-order chi connectivity index (χ0) is 21.6. The molecule has 2 atom stereocenters. The first-order valence-electron chi connectivity index (χ1n) is 10.6. The maximum absolute atomic E-state index is 13.0. The van der Waals surface area contributed by atoms with Gasteiger partial charge in [0, 0.05) is 29.9 Å². The summed E-state index contributed by atoms with van der Waals surface area (Å²) in [5, 5.41) is 0. The van der Waals surface area contributed by atoms with Crippen LogP contribution >= 0.6 is 0 Å². The third kappa shape index (κ3) is 4.92. The molecule has 1 amide bonds. The van der Waals surface area contributed by atoms with E-state index >= 15 is 0 Å². The van der Waals surface area contributed by atoms with E-state index in [1.165, 1.54) is 16.7 Å². The largest absolute Gasteiger partial charge is 0.598 e. The Morgan fingerprint density at radius 3 is 2.38 bits per heavy atom. The molecule has 29 heavy (non-hydrogen) atoms. The van der Waals surface area contributed by atoms with Crippen LogP contribution in [0, 0.1) is 12.3 Å². The summed E-state index contributed by atoms with van der Waals surface area (Å²) < 4.78 is 21.7. The molecule has 1 saturated heterocycles. The highest BCUT2D eigenvalue weighted by atomic mass is 32.2. The van der Waals surface area contributed by atoms with E-state index in [0.29, 0.717) is 13.1 Å². The van der Waals surface area contributed by atoms with Gasteiger partial charge in [0.05, 0.1) is 6.04 Å². The van der Waals surface area contributed by atoms with E-state index in [0.717, 1.165) is 19.3 Å². The molecule has 1 spiro atoms. The standard InChI is InChI=1S/C23H36N2O3S/c1-16-8-9-18-17(14-16)15-23(19(18)24-29(27)22(5,6)7)10-12-25(13-11-23)20(26)28-21(2,3)4/h8-9,14,19,24H,10-13,15H2,1-7H3/t19-,29-/m1/s1. The maximum Gasteiger partial charge on any atom is 0.410 e. The highest BCUT2D eigenvalue weighted by molar-refractivity contribution is 7.90. The van der Waals surface area contributed by atoms with E-state index in [1.807, 2.05) is 46.4 Å². The topological polar surface area (TPSA) is 64.6 Å². The van der Waals surface area contributed by atoms with Crippen LogP contribution in [0.4, 0.5) is 4.79 Å². The number of ether oxygens (including phenoxy) is 1. The number of aryl methyl sites for hydroxylation is 1. The van der Waals surface area contributed by atoms with E-state index in [4.69, 9.17) is 4.74 Å². The Balaban J connectivity index is 1.81. The van der Waals surface area contributed by atoms with Crippen molar-refractivity contribution >= 4 is 17.5 Å². The second-order valence-electron chi connectivity index (χ2n) is 10.6. The lowest BCUT2D eigenvalue weighted by Crippen LogP contribution is -2.51. The Bertz CT molecular complexity index is 758. The molecule has 1 aromatic carbocycles. The van der Waals surface area contributed by atoms with Crippen molar-refractivity contribution in [3.05, 3.63) is 34.9 Å². The molecule has 0 saturated carbocycles. The lowest BCUT2D eigenvalue weighted by molar-refractivity contribution is 0.00716. The Morgan fingerprint density at radius 1 is 1.21 bits per heavy atom. The number of likely N-dealkylation sites (tertiary alicyclic amines) is 1. The number of carbonyl (C=O) groups excluding carboxylic acids is 1. The molecule has 0 bridgehead atoms. The van der Waals surface area contributed by atoms with Crippen LogP contribution in [-0.4, -0.2) is 39.0 Å². The minimum absolute atomic E-state index is 0.0183. The Kier molecular flexibility index (Phi) is 6.03. The average molecular weight is 421 g/mol. The molecule has 1 aromatic rings. The smallest absolute Gasteiger partial charge is 0.410 e. The number of carbonyl (C=O) groups is 1. The fraction of sp³-hybridized carbons (Fsp3) is 0.696. The van der Waals surface area contributed by atoms with Crippen LogP contribution in [0.2, 0.25) is 0 Å². The van der Waals surface area contributed by atoms with Crippen molar-refractivity contribution in [2.45, 2.75) is 84.1 Å². The third-order valence-corrected chi connectivity index (χ3v) is 7.52. The molecule has 6 heteroatoms. The van der Waals surface area contributed by atoms with Crippen LogP contribution in [-0.2, 0) is 22.5 Å². The average Bonchev–Trinajstić information content (AvgIpc) is 2.85. The second-order valence-corrected chi connectivity index (χ2v) is 12.6. The quantitative estimate of drug-likeness (QED) is 0.707. The molecule has 162 valence electrons. The van der Waals surface area contributed by atoms with Crippen molar-refractivity contribution in [3.63, 3.8) is 0 Å². The van der Waals surface area contributed by atoms with E-state index in [-0.39, 0.29) is 22.3 Å². The summed E-state index contributed by atoms with van der Waals surface area (Å²) >= 11 is -1.15. The summed E-state index contributed by atoms with van der Waals surface area (Å²) in [6, 6.07) is 6.64. The summed E-state index contributed by atoms with van der Waals surface area (Å²) in [5.74, 6) is 0. The van der Waals surface area contributed by atoms with Gasteiger partial charge < -0.3 is 14.2 Å². The minimum Gasteiger partial charge on any atom is -0.598 e. The molecule has 1 aliphatic carbocycles. The summed E-state index contributed by atoms with van der Waals surface area (Å²) in [6.45, 7) is 15.1. The minimum atomic E-state index is -1.15. The molecule has 1 heterocycles. The zero-order valence-corrected chi connectivity index (χ0v) is 19.7. The number of hydrogen-bond donors (Lipinski definition) is 1.